The van der Waals surface area contributed by atoms with Crippen molar-refractivity contribution in [3.05, 3.63) is 54.7 Å². The quantitative estimate of drug-likeness (QED) is 0.644. The van der Waals surface area contributed by atoms with Crippen molar-refractivity contribution in [3.63, 3.8) is 0 Å². The van der Waals surface area contributed by atoms with Crippen LogP contribution in [0.5, 0.6) is 0 Å². The Balaban J connectivity index is 1.42. The Morgan fingerprint density at radius 2 is 2.12 bits per heavy atom. The van der Waals surface area contributed by atoms with E-state index in [1.165, 1.54) is 12.5 Å². The summed E-state index contributed by atoms with van der Waals surface area (Å²) in [6.07, 6.45) is 5.34. The summed E-state index contributed by atoms with van der Waals surface area (Å²) < 4.78 is 6.92. The van der Waals surface area contributed by atoms with E-state index in [2.05, 4.69) is 20.2 Å². The number of amides is 2. The second-order valence-electron chi connectivity index (χ2n) is 5.78. The standard InChI is InChI=1S/C18H20N4O3/c1-13(21-18(24)14-7-10-25-11-14)17(23)19-8-4-9-22-12-20-15-5-2-3-6-16(15)22/h2-3,5-7,10-13H,4,8-9H2,1H3,(H,19,23)(H,21,24)/t13-/m1/s1. The summed E-state index contributed by atoms with van der Waals surface area (Å²) in [7, 11) is 0. The van der Waals surface area contributed by atoms with Crippen LogP contribution in [0.25, 0.3) is 11.0 Å². The number of hydrogen-bond acceptors (Lipinski definition) is 4. The first-order valence-corrected chi connectivity index (χ1v) is 8.16. The van der Waals surface area contributed by atoms with Crippen LogP contribution in [0.1, 0.15) is 23.7 Å². The normalized spacial score (nSPS) is 12.0. The van der Waals surface area contributed by atoms with Crippen molar-refractivity contribution in [2.75, 3.05) is 6.54 Å². The smallest absolute Gasteiger partial charge is 0.255 e. The number of furan rings is 1. The molecule has 1 aromatic carbocycles. The predicted octanol–water partition coefficient (Wildman–Crippen LogP) is 1.95. The number of nitrogens with one attached hydrogen (secondary N) is 2. The van der Waals surface area contributed by atoms with Gasteiger partial charge in [-0.3, -0.25) is 9.59 Å². The fourth-order valence-electron chi connectivity index (χ4n) is 2.54. The van der Waals surface area contributed by atoms with Crippen molar-refractivity contribution < 1.29 is 14.0 Å². The molecule has 1 atom stereocenters. The maximum absolute atomic E-state index is 12.1. The van der Waals surface area contributed by atoms with Crippen LogP contribution in [-0.2, 0) is 11.3 Å². The van der Waals surface area contributed by atoms with E-state index in [4.69, 9.17) is 4.42 Å². The van der Waals surface area contributed by atoms with Gasteiger partial charge in [0.25, 0.3) is 5.91 Å². The molecule has 0 spiro atoms. The molecule has 7 heteroatoms. The van der Waals surface area contributed by atoms with Crippen molar-refractivity contribution in [1.29, 1.82) is 0 Å². The van der Waals surface area contributed by atoms with E-state index < -0.39 is 6.04 Å². The van der Waals surface area contributed by atoms with E-state index in [1.54, 1.807) is 19.3 Å². The van der Waals surface area contributed by atoms with Crippen LogP contribution in [0.4, 0.5) is 0 Å². The molecule has 2 amide bonds. The van der Waals surface area contributed by atoms with Gasteiger partial charge in [0.15, 0.2) is 0 Å². The highest BCUT2D eigenvalue weighted by Crippen LogP contribution is 2.11. The lowest BCUT2D eigenvalue weighted by atomic mass is 10.2. The number of benzene rings is 1. The van der Waals surface area contributed by atoms with Crippen LogP contribution < -0.4 is 10.6 Å². The van der Waals surface area contributed by atoms with Crippen LogP contribution in [0, 0.1) is 0 Å². The zero-order chi connectivity index (χ0) is 17.6. The monoisotopic (exact) mass is 340 g/mol. The largest absolute Gasteiger partial charge is 0.472 e. The van der Waals surface area contributed by atoms with E-state index in [9.17, 15) is 9.59 Å². The first-order valence-electron chi connectivity index (χ1n) is 8.16. The molecule has 3 rings (SSSR count). The summed E-state index contributed by atoms with van der Waals surface area (Å²) in [4.78, 5) is 28.3. The second kappa shape index (κ2) is 7.65. The fourth-order valence-corrected chi connectivity index (χ4v) is 2.54. The summed E-state index contributed by atoms with van der Waals surface area (Å²) in [6.45, 7) is 2.94. The molecular formula is C18H20N4O3. The molecular weight excluding hydrogens is 320 g/mol. The van der Waals surface area contributed by atoms with Gasteiger partial charge in [0.2, 0.25) is 5.91 Å². The minimum absolute atomic E-state index is 0.215. The van der Waals surface area contributed by atoms with Gasteiger partial charge in [0.1, 0.15) is 12.3 Å². The number of fused-ring (bicyclic) bond motifs is 1. The van der Waals surface area contributed by atoms with Crippen molar-refractivity contribution >= 4 is 22.8 Å². The number of imidazole rings is 1. The van der Waals surface area contributed by atoms with Crippen LogP contribution in [0.3, 0.4) is 0 Å². The number of carbonyl (C=O) groups is 2. The van der Waals surface area contributed by atoms with Crippen molar-refractivity contribution in [3.8, 4) is 0 Å². The second-order valence-corrected chi connectivity index (χ2v) is 5.78. The molecule has 2 heterocycles. The summed E-state index contributed by atoms with van der Waals surface area (Å²) in [5, 5.41) is 5.47. The number of para-hydroxylation sites is 2. The Morgan fingerprint density at radius 3 is 2.92 bits per heavy atom. The molecule has 2 N–H and O–H groups in total. The van der Waals surface area contributed by atoms with E-state index in [0.29, 0.717) is 12.1 Å². The average molecular weight is 340 g/mol. The topological polar surface area (TPSA) is 89.2 Å². The lowest BCUT2D eigenvalue weighted by molar-refractivity contribution is -0.122. The van der Waals surface area contributed by atoms with E-state index in [-0.39, 0.29) is 11.8 Å². The molecule has 0 aliphatic heterocycles. The third kappa shape index (κ3) is 4.06. The van der Waals surface area contributed by atoms with Crippen molar-refractivity contribution in [2.24, 2.45) is 0 Å². The highest BCUT2D eigenvalue weighted by Gasteiger charge is 2.16. The summed E-state index contributed by atoms with van der Waals surface area (Å²) in [5.74, 6) is -0.548. The molecule has 25 heavy (non-hydrogen) atoms. The Bertz CT molecular complexity index is 854. The van der Waals surface area contributed by atoms with Gasteiger partial charge < -0.3 is 19.6 Å². The molecule has 3 aromatic rings. The van der Waals surface area contributed by atoms with Crippen LogP contribution in [-0.4, -0.2) is 34.0 Å². The first kappa shape index (κ1) is 16.8. The first-order chi connectivity index (χ1) is 12.1. The summed E-state index contributed by atoms with van der Waals surface area (Å²) >= 11 is 0. The number of aryl methyl sites for hydroxylation is 1. The van der Waals surface area contributed by atoms with Gasteiger partial charge in [-0.2, -0.15) is 0 Å². The number of aromatic nitrogens is 2. The van der Waals surface area contributed by atoms with Crippen LogP contribution in [0.2, 0.25) is 0 Å². The fraction of sp³-hybridized carbons (Fsp3) is 0.278. The van der Waals surface area contributed by atoms with Gasteiger partial charge in [-0.05, 0) is 31.5 Å². The Morgan fingerprint density at radius 1 is 1.28 bits per heavy atom. The molecule has 0 bridgehead atoms. The number of nitrogens with zero attached hydrogens (tertiary/aromatic N) is 2. The SMILES string of the molecule is C[C@@H](NC(=O)c1ccoc1)C(=O)NCCCn1cnc2ccccc21. The number of hydrogen-bond donors (Lipinski definition) is 2. The molecule has 0 saturated carbocycles. The Kier molecular flexibility index (Phi) is 5.13. The zero-order valence-corrected chi connectivity index (χ0v) is 13.9. The maximum Gasteiger partial charge on any atom is 0.255 e. The number of carbonyl (C=O) groups excluding carboxylic acids is 2. The molecule has 2 aromatic heterocycles. The number of rotatable bonds is 7. The van der Waals surface area contributed by atoms with Crippen LogP contribution >= 0.6 is 0 Å². The van der Waals surface area contributed by atoms with Gasteiger partial charge in [0.05, 0.1) is 29.2 Å². The van der Waals surface area contributed by atoms with E-state index >= 15 is 0 Å². The lowest BCUT2D eigenvalue weighted by Crippen LogP contribution is -2.45. The van der Waals surface area contributed by atoms with Crippen molar-refractivity contribution in [2.45, 2.75) is 25.9 Å². The maximum atomic E-state index is 12.1. The molecule has 0 saturated heterocycles. The van der Waals surface area contributed by atoms with Gasteiger partial charge in [0, 0.05) is 13.1 Å². The van der Waals surface area contributed by atoms with Gasteiger partial charge in [-0.15, -0.1) is 0 Å². The molecule has 130 valence electrons. The molecule has 0 radical (unpaired) electrons. The Labute approximate surface area is 145 Å². The lowest BCUT2D eigenvalue weighted by Gasteiger charge is -2.13. The third-order valence-electron chi connectivity index (χ3n) is 3.93. The minimum atomic E-state index is -0.614. The molecule has 0 aliphatic rings. The molecule has 0 aliphatic carbocycles. The third-order valence-corrected chi connectivity index (χ3v) is 3.93. The molecule has 0 unspecified atom stereocenters. The summed E-state index contributed by atoms with van der Waals surface area (Å²) in [5.41, 5.74) is 2.43. The van der Waals surface area contributed by atoms with Crippen LogP contribution in [0.15, 0.2) is 53.6 Å². The highest BCUT2D eigenvalue weighted by atomic mass is 16.3. The molecule has 7 nitrogen and oxygen atoms in total. The highest BCUT2D eigenvalue weighted by molar-refractivity contribution is 5.97. The van der Waals surface area contributed by atoms with Gasteiger partial charge in [-0.1, -0.05) is 12.1 Å². The van der Waals surface area contributed by atoms with Gasteiger partial charge >= 0.3 is 0 Å². The minimum Gasteiger partial charge on any atom is -0.472 e. The summed E-state index contributed by atoms with van der Waals surface area (Å²) in [6, 6.07) is 8.87. The van der Waals surface area contributed by atoms with E-state index in [1.807, 2.05) is 24.3 Å². The average Bonchev–Trinajstić information content (AvgIpc) is 3.28. The predicted molar refractivity (Wildman–Crippen MR) is 93.0 cm³/mol. The Hall–Kier alpha value is -3.09. The molecule has 0 fully saturated rings. The van der Waals surface area contributed by atoms with E-state index in [0.717, 1.165) is 24.0 Å². The zero-order valence-electron chi connectivity index (χ0n) is 13.9. The van der Waals surface area contributed by atoms with Crippen molar-refractivity contribution in [1.82, 2.24) is 20.2 Å². The van der Waals surface area contributed by atoms with Gasteiger partial charge in [-0.25, -0.2) is 4.98 Å².